The Hall–Kier alpha value is -2.33. The van der Waals surface area contributed by atoms with Crippen LogP contribution in [0, 0.1) is 5.92 Å². The van der Waals surface area contributed by atoms with Crippen LogP contribution < -0.4 is 4.90 Å². The molecule has 28 heavy (non-hydrogen) atoms. The summed E-state index contributed by atoms with van der Waals surface area (Å²) in [5.74, 6) is 0.234. The summed E-state index contributed by atoms with van der Waals surface area (Å²) < 4.78 is 0. The van der Waals surface area contributed by atoms with E-state index in [1.165, 1.54) is 5.56 Å². The number of benzene rings is 2. The average Bonchev–Trinajstić information content (AvgIpc) is 2.95. The van der Waals surface area contributed by atoms with Crippen LogP contribution in [0.4, 0.5) is 5.69 Å². The molecule has 2 fully saturated rings. The van der Waals surface area contributed by atoms with Crippen LogP contribution in [0.25, 0.3) is 0 Å². The monoisotopic (exact) mass is 396 g/mol. The summed E-state index contributed by atoms with van der Waals surface area (Å²) in [4.78, 5) is 29.5. The van der Waals surface area contributed by atoms with Gasteiger partial charge in [-0.15, -0.1) is 0 Å². The average molecular weight is 397 g/mol. The molecule has 0 radical (unpaired) electrons. The molecule has 2 heterocycles. The van der Waals surface area contributed by atoms with Crippen molar-refractivity contribution in [2.24, 2.45) is 5.92 Å². The van der Waals surface area contributed by atoms with Gasteiger partial charge in [-0.1, -0.05) is 48.4 Å². The topological polar surface area (TPSA) is 40.6 Å². The number of nitrogens with zero attached hydrogens (tertiary/aromatic N) is 2. The summed E-state index contributed by atoms with van der Waals surface area (Å²) in [5.41, 5.74) is 2.11. The third kappa shape index (κ3) is 4.07. The van der Waals surface area contributed by atoms with E-state index < -0.39 is 0 Å². The summed E-state index contributed by atoms with van der Waals surface area (Å²) in [6.07, 6.45) is 3.54. The standard InChI is InChI=1S/C23H25ClN2O2/c24-20-9-11-21(12-10-20)26-16-19(14-22(26)27)23(28)25-13-5-4-8-18(15-25)17-6-2-1-3-7-17/h1-3,6-7,9-12,18-19H,4-5,8,13-16H2. The predicted octanol–water partition coefficient (Wildman–Crippen LogP) is 4.49. The first-order valence-corrected chi connectivity index (χ1v) is 10.4. The lowest BCUT2D eigenvalue weighted by Gasteiger charge is -2.27. The van der Waals surface area contributed by atoms with E-state index in [0.717, 1.165) is 38.0 Å². The zero-order valence-corrected chi connectivity index (χ0v) is 16.6. The second kappa shape index (κ2) is 8.36. The highest BCUT2D eigenvalue weighted by atomic mass is 35.5. The molecule has 2 aliphatic rings. The molecule has 2 unspecified atom stereocenters. The summed E-state index contributed by atoms with van der Waals surface area (Å²) in [5, 5.41) is 0.638. The largest absolute Gasteiger partial charge is 0.342 e. The first kappa shape index (κ1) is 19.0. The lowest BCUT2D eigenvalue weighted by molar-refractivity contribution is -0.135. The molecule has 2 amide bonds. The molecule has 0 spiro atoms. The molecule has 4 nitrogen and oxygen atoms in total. The number of hydrogen-bond donors (Lipinski definition) is 0. The molecule has 2 atom stereocenters. The van der Waals surface area contributed by atoms with E-state index in [1.54, 1.807) is 17.0 Å². The Morgan fingerprint density at radius 2 is 1.71 bits per heavy atom. The van der Waals surface area contributed by atoms with Crippen LogP contribution >= 0.6 is 11.6 Å². The molecule has 5 heteroatoms. The van der Waals surface area contributed by atoms with Crippen LogP contribution in [0.1, 0.15) is 37.2 Å². The number of rotatable bonds is 3. The first-order valence-electron chi connectivity index (χ1n) is 10.0. The minimum atomic E-state index is -0.266. The van der Waals surface area contributed by atoms with Crippen molar-refractivity contribution in [1.29, 1.82) is 0 Å². The number of halogens is 1. The van der Waals surface area contributed by atoms with Crippen molar-refractivity contribution in [3.8, 4) is 0 Å². The Kier molecular flexibility index (Phi) is 5.67. The number of likely N-dealkylation sites (tertiary alicyclic amines) is 1. The lowest BCUT2D eigenvalue weighted by atomic mass is 9.94. The highest BCUT2D eigenvalue weighted by Gasteiger charge is 2.38. The Morgan fingerprint density at radius 3 is 2.46 bits per heavy atom. The zero-order valence-electron chi connectivity index (χ0n) is 15.9. The van der Waals surface area contributed by atoms with Crippen molar-refractivity contribution < 1.29 is 9.59 Å². The molecule has 2 saturated heterocycles. The van der Waals surface area contributed by atoms with Gasteiger partial charge in [-0.25, -0.2) is 0 Å². The second-order valence-corrected chi connectivity index (χ2v) is 8.21. The van der Waals surface area contributed by atoms with Gasteiger partial charge in [-0.2, -0.15) is 0 Å². The highest BCUT2D eigenvalue weighted by molar-refractivity contribution is 6.30. The van der Waals surface area contributed by atoms with Gasteiger partial charge >= 0.3 is 0 Å². The minimum Gasteiger partial charge on any atom is -0.342 e. The molecule has 0 bridgehead atoms. The Balaban J connectivity index is 1.46. The van der Waals surface area contributed by atoms with Crippen LogP contribution in [0.3, 0.4) is 0 Å². The van der Waals surface area contributed by atoms with Crippen LogP contribution in [-0.2, 0) is 9.59 Å². The molecule has 2 aliphatic heterocycles. The molecular weight excluding hydrogens is 372 g/mol. The molecule has 2 aromatic carbocycles. The molecule has 4 rings (SSSR count). The maximum Gasteiger partial charge on any atom is 0.228 e. The number of carbonyl (C=O) groups excluding carboxylic acids is 2. The highest BCUT2D eigenvalue weighted by Crippen LogP contribution is 2.30. The van der Waals surface area contributed by atoms with E-state index in [4.69, 9.17) is 11.6 Å². The Labute approximate surface area is 171 Å². The molecule has 2 aromatic rings. The summed E-state index contributed by atoms with van der Waals surface area (Å²) in [7, 11) is 0. The van der Waals surface area contributed by atoms with Gasteiger partial charge in [0.15, 0.2) is 0 Å². The van der Waals surface area contributed by atoms with E-state index in [0.29, 0.717) is 17.5 Å². The van der Waals surface area contributed by atoms with Gasteiger partial charge in [0.05, 0.1) is 5.92 Å². The van der Waals surface area contributed by atoms with Gasteiger partial charge in [0, 0.05) is 42.7 Å². The first-order chi connectivity index (χ1) is 13.6. The van der Waals surface area contributed by atoms with Crippen molar-refractivity contribution >= 4 is 29.1 Å². The van der Waals surface area contributed by atoms with Crippen molar-refractivity contribution in [1.82, 2.24) is 4.90 Å². The quantitative estimate of drug-likeness (QED) is 0.766. The van der Waals surface area contributed by atoms with E-state index in [9.17, 15) is 9.59 Å². The maximum atomic E-state index is 13.2. The van der Waals surface area contributed by atoms with E-state index >= 15 is 0 Å². The van der Waals surface area contributed by atoms with Gasteiger partial charge in [-0.05, 0) is 42.7 Å². The number of anilines is 1. The lowest BCUT2D eigenvalue weighted by Crippen LogP contribution is -2.39. The van der Waals surface area contributed by atoms with E-state index in [-0.39, 0.29) is 24.2 Å². The fourth-order valence-corrected chi connectivity index (χ4v) is 4.47. The number of hydrogen-bond acceptors (Lipinski definition) is 2. The zero-order chi connectivity index (χ0) is 19.5. The summed E-state index contributed by atoms with van der Waals surface area (Å²) in [6, 6.07) is 17.7. The predicted molar refractivity (Wildman–Crippen MR) is 112 cm³/mol. The van der Waals surface area contributed by atoms with Crippen molar-refractivity contribution in [2.45, 2.75) is 31.6 Å². The molecule has 146 valence electrons. The van der Waals surface area contributed by atoms with Crippen LogP contribution in [0.15, 0.2) is 54.6 Å². The third-order valence-electron chi connectivity index (χ3n) is 5.87. The van der Waals surface area contributed by atoms with Gasteiger partial charge in [0.2, 0.25) is 11.8 Å². The minimum absolute atomic E-state index is 0.00936. The van der Waals surface area contributed by atoms with Crippen molar-refractivity contribution in [3.05, 3.63) is 65.2 Å². The number of amides is 2. The van der Waals surface area contributed by atoms with Crippen molar-refractivity contribution in [3.63, 3.8) is 0 Å². The van der Waals surface area contributed by atoms with Crippen LogP contribution in [0.2, 0.25) is 5.02 Å². The van der Waals surface area contributed by atoms with E-state index in [2.05, 4.69) is 24.3 Å². The van der Waals surface area contributed by atoms with Gasteiger partial charge in [0.25, 0.3) is 0 Å². The van der Waals surface area contributed by atoms with Crippen molar-refractivity contribution in [2.75, 3.05) is 24.5 Å². The second-order valence-electron chi connectivity index (χ2n) is 7.77. The fraction of sp³-hybridized carbons (Fsp3) is 0.391. The third-order valence-corrected chi connectivity index (χ3v) is 6.12. The molecular formula is C23H25ClN2O2. The molecule has 0 aliphatic carbocycles. The Bertz CT molecular complexity index is 837. The van der Waals surface area contributed by atoms with Gasteiger partial charge in [0.1, 0.15) is 0 Å². The summed E-state index contributed by atoms with van der Waals surface area (Å²) >= 11 is 5.95. The normalized spacial score (nSPS) is 23.0. The van der Waals surface area contributed by atoms with Crippen LogP contribution in [-0.4, -0.2) is 36.3 Å². The SMILES string of the molecule is O=C(C1CC(=O)N(c2ccc(Cl)cc2)C1)N1CCCCC(c2ccccc2)C1. The smallest absolute Gasteiger partial charge is 0.228 e. The molecule has 0 N–H and O–H groups in total. The molecule has 0 aromatic heterocycles. The summed E-state index contributed by atoms with van der Waals surface area (Å²) in [6.45, 7) is 1.98. The van der Waals surface area contributed by atoms with E-state index in [1.807, 2.05) is 23.1 Å². The van der Waals surface area contributed by atoms with Crippen LogP contribution in [0.5, 0.6) is 0 Å². The maximum absolute atomic E-state index is 13.2. The number of carbonyl (C=O) groups is 2. The molecule has 0 saturated carbocycles. The fourth-order valence-electron chi connectivity index (χ4n) is 4.34. The Morgan fingerprint density at radius 1 is 0.964 bits per heavy atom. The van der Waals surface area contributed by atoms with Gasteiger partial charge < -0.3 is 9.80 Å². The van der Waals surface area contributed by atoms with Gasteiger partial charge in [-0.3, -0.25) is 9.59 Å².